The molecule has 0 fully saturated rings. The average Bonchev–Trinajstić information content (AvgIpc) is 3.91. The van der Waals surface area contributed by atoms with Crippen LogP contribution in [-0.2, 0) is 0 Å². The topological polar surface area (TPSA) is 16.4 Å². The van der Waals surface area contributed by atoms with E-state index in [4.69, 9.17) is 4.42 Å². The lowest BCUT2D eigenvalue weighted by Gasteiger charge is -2.30. The van der Waals surface area contributed by atoms with Crippen molar-refractivity contribution in [3.63, 3.8) is 0 Å². The molecule has 0 saturated heterocycles. The van der Waals surface area contributed by atoms with Crippen LogP contribution in [-0.4, -0.2) is 0 Å². The van der Waals surface area contributed by atoms with Gasteiger partial charge in [0, 0.05) is 47.8 Å². The van der Waals surface area contributed by atoms with Crippen LogP contribution < -0.4 is 4.90 Å². The van der Waals surface area contributed by atoms with Gasteiger partial charge in [-0.2, -0.15) is 0 Å². The summed E-state index contributed by atoms with van der Waals surface area (Å²) < 4.78 is 9.07. The Morgan fingerprint density at radius 3 is 1.75 bits per heavy atom. The second-order valence-corrected chi connectivity index (χ2v) is 16.6. The molecule has 0 saturated carbocycles. The first-order chi connectivity index (χ1) is 30.3. The van der Waals surface area contributed by atoms with Gasteiger partial charge in [-0.25, -0.2) is 0 Å². The van der Waals surface area contributed by atoms with Crippen molar-refractivity contribution >= 4 is 81.3 Å². The molecule has 61 heavy (non-hydrogen) atoms. The molecule has 0 atom stereocenters. The number of hydrogen-bond donors (Lipinski definition) is 0. The van der Waals surface area contributed by atoms with Crippen molar-refractivity contribution in [3.05, 3.63) is 224 Å². The number of nitrogens with zero attached hydrogens (tertiary/aromatic N) is 1. The van der Waals surface area contributed by atoms with E-state index in [0.29, 0.717) is 0 Å². The fourth-order valence-corrected chi connectivity index (χ4v) is 10.6. The molecule has 0 aliphatic carbocycles. The van der Waals surface area contributed by atoms with E-state index < -0.39 is 0 Å². The van der Waals surface area contributed by atoms with Crippen molar-refractivity contribution in [1.29, 1.82) is 0 Å². The average molecular weight is 796 g/mol. The van der Waals surface area contributed by atoms with Crippen molar-refractivity contribution in [1.82, 2.24) is 0 Å². The monoisotopic (exact) mass is 795 g/mol. The van der Waals surface area contributed by atoms with Crippen molar-refractivity contribution in [2.24, 2.45) is 0 Å². The van der Waals surface area contributed by atoms with Gasteiger partial charge in [0.1, 0.15) is 11.2 Å². The number of thiophene rings is 1. The predicted molar refractivity (Wildman–Crippen MR) is 261 cm³/mol. The molecule has 12 rings (SSSR count). The zero-order valence-electron chi connectivity index (χ0n) is 33.1. The molecule has 0 bridgehead atoms. The Morgan fingerprint density at radius 2 is 0.885 bits per heavy atom. The van der Waals surface area contributed by atoms with Crippen LogP contribution in [0.25, 0.3) is 97.4 Å². The molecule has 0 unspecified atom stereocenters. The van der Waals surface area contributed by atoms with Crippen LogP contribution in [0.4, 0.5) is 17.1 Å². The van der Waals surface area contributed by atoms with Crippen LogP contribution >= 0.6 is 11.3 Å². The summed E-state index contributed by atoms with van der Waals surface area (Å²) in [5, 5.41) is 7.29. The van der Waals surface area contributed by atoms with Crippen LogP contribution in [0, 0.1) is 0 Å². The van der Waals surface area contributed by atoms with Gasteiger partial charge in [0.05, 0.1) is 11.4 Å². The quantitative estimate of drug-likeness (QED) is 0.160. The number of rotatable bonds is 7. The van der Waals surface area contributed by atoms with Gasteiger partial charge in [0.2, 0.25) is 0 Å². The number of hydrogen-bond acceptors (Lipinski definition) is 3. The largest absolute Gasteiger partial charge is 0.456 e. The van der Waals surface area contributed by atoms with Crippen molar-refractivity contribution < 1.29 is 4.42 Å². The summed E-state index contributed by atoms with van der Waals surface area (Å²) >= 11 is 1.87. The Morgan fingerprint density at radius 1 is 0.344 bits per heavy atom. The standard InChI is InChI=1S/C58H37NOS/c1-2-22-43-38(16-1)17-13-28-45(43)46-23-3-7-31-52(46)59(53-32-8-4-24-47(53)49-29-15-34-55-57(49)51-26-5-9-33-54(51)60-55)42-21-12-19-40(37-42)39-18-11-20-41(36-39)44-27-14-30-50-48-25-6-10-35-56(48)61-58(44)50/h1-37H. The normalized spacial score (nSPS) is 11.6. The van der Waals surface area contributed by atoms with E-state index in [-0.39, 0.29) is 0 Å². The molecule has 0 radical (unpaired) electrons. The summed E-state index contributed by atoms with van der Waals surface area (Å²) in [4.78, 5) is 2.46. The van der Waals surface area contributed by atoms with E-state index in [1.54, 1.807) is 0 Å². The fraction of sp³-hybridized carbons (Fsp3) is 0. The Bertz CT molecular complexity index is 3620. The van der Waals surface area contributed by atoms with Gasteiger partial charge in [0.25, 0.3) is 0 Å². The molecule has 2 nitrogen and oxygen atoms in total. The molecule has 12 aromatic rings. The van der Waals surface area contributed by atoms with E-state index in [2.05, 4.69) is 223 Å². The number of anilines is 3. The highest BCUT2D eigenvalue weighted by atomic mass is 32.1. The number of benzene rings is 10. The van der Waals surface area contributed by atoms with E-state index in [9.17, 15) is 0 Å². The van der Waals surface area contributed by atoms with Gasteiger partial charge < -0.3 is 9.32 Å². The van der Waals surface area contributed by atoms with Gasteiger partial charge in [-0.15, -0.1) is 11.3 Å². The predicted octanol–water partition coefficient (Wildman–Crippen LogP) is 17.2. The van der Waals surface area contributed by atoms with Gasteiger partial charge in [-0.1, -0.05) is 176 Å². The Labute approximate surface area is 357 Å². The maximum atomic E-state index is 6.43. The molecule has 10 aromatic carbocycles. The Hall–Kier alpha value is -7.72. The van der Waals surface area contributed by atoms with Crippen molar-refractivity contribution in [2.45, 2.75) is 0 Å². The second kappa shape index (κ2) is 14.5. The molecule has 2 aromatic heterocycles. The first-order valence-electron chi connectivity index (χ1n) is 20.7. The first-order valence-corrected chi connectivity index (χ1v) is 21.6. The molecular weight excluding hydrogens is 759 g/mol. The van der Waals surface area contributed by atoms with Crippen LogP contribution in [0.3, 0.4) is 0 Å². The highest BCUT2D eigenvalue weighted by molar-refractivity contribution is 7.26. The third-order valence-corrected chi connectivity index (χ3v) is 13.3. The SMILES string of the molecule is c1cc(-c2cccc(N(c3ccccc3-c3cccc4ccccc34)c3ccccc3-c3cccc4oc5ccccc5c34)c2)cc(-c2cccc3c2sc2ccccc23)c1. The Balaban J connectivity index is 1.07. The zero-order chi connectivity index (χ0) is 40.3. The molecular formula is C58H37NOS. The summed E-state index contributed by atoms with van der Waals surface area (Å²) in [5.74, 6) is 0. The van der Waals surface area contributed by atoms with Crippen LogP contribution in [0.1, 0.15) is 0 Å². The maximum absolute atomic E-state index is 6.43. The molecule has 0 N–H and O–H groups in total. The molecule has 0 aliphatic rings. The van der Waals surface area contributed by atoms with Gasteiger partial charge in [0.15, 0.2) is 0 Å². The van der Waals surface area contributed by atoms with E-state index in [0.717, 1.165) is 61.3 Å². The molecule has 3 heteroatoms. The third kappa shape index (κ3) is 5.93. The number of furan rings is 1. The Kier molecular flexibility index (Phi) is 8.39. The van der Waals surface area contributed by atoms with E-state index in [1.807, 2.05) is 17.4 Å². The van der Waals surface area contributed by atoms with E-state index in [1.165, 1.54) is 53.2 Å². The minimum Gasteiger partial charge on any atom is -0.456 e. The van der Waals surface area contributed by atoms with Gasteiger partial charge in [-0.3, -0.25) is 0 Å². The summed E-state index contributed by atoms with van der Waals surface area (Å²) in [6.45, 7) is 0. The zero-order valence-corrected chi connectivity index (χ0v) is 33.9. The number of para-hydroxylation sites is 3. The van der Waals surface area contributed by atoms with E-state index >= 15 is 0 Å². The van der Waals surface area contributed by atoms with Gasteiger partial charge in [-0.05, 0) is 92.7 Å². The lowest BCUT2D eigenvalue weighted by Crippen LogP contribution is -2.12. The lowest BCUT2D eigenvalue weighted by molar-refractivity contribution is 0.669. The summed E-state index contributed by atoms with van der Waals surface area (Å²) in [6, 6.07) is 81.2. The molecule has 0 aliphatic heterocycles. The molecule has 2 heterocycles. The minimum absolute atomic E-state index is 0.879. The number of fused-ring (bicyclic) bond motifs is 7. The summed E-state index contributed by atoms with van der Waals surface area (Å²) in [6.07, 6.45) is 0. The van der Waals surface area contributed by atoms with Crippen molar-refractivity contribution in [3.8, 4) is 44.5 Å². The third-order valence-electron chi connectivity index (χ3n) is 12.1. The molecule has 0 spiro atoms. The van der Waals surface area contributed by atoms with Crippen LogP contribution in [0.15, 0.2) is 229 Å². The van der Waals surface area contributed by atoms with Crippen LogP contribution in [0.2, 0.25) is 0 Å². The summed E-state index contributed by atoms with van der Waals surface area (Å²) in [7, 11) is 0. The first kappa shape index (κ1) is 35.2. The lowest BCUT2D eigenvalue weighted by atomic mass is 9.94. The maximum Gasteiger partial charge on any atom is 0.136 e. The smallest absolute Gasteiger partial charge is 0.136 e. The van der Waals surface area contributed by atoms with Crippen molar-refractivity contribution in [2.75, 3.05) is 4.90 Å². The summed E-state index contributed by atoms with van der Waals surface area (Å²) in [5.41, 5.74) is 14.4. The minimum atomic E-state index is 0.879. The second-order valence-electron chi connectivity index (χ2n) is 15.6. The highest BCUT2D eigenvalue weighted by Crippen LogP contribution is 2.48. The molecule has 0 amide bonds. The fourth-order valence-electron chi connectivity index (χ4n) is 9.33. The van der Waals surface area contributed by atoms with Crippen LogP contribution in [0.5, 0.6) is 0 Å². The highest BCUT2D eigenvalue weighted by Gasteiger charge is 2.23. The van der Waals surface area contributed by atoms with Gasteiger partial charge >= 0.3 is 0 Å². The molecule has 286 valence electrons.